The van der Waals surface area contributed by atoms with Gasteiger partial charge in [-0.1, -0.05) is 44.3 Å². The van der Waals surface area contributed by atoms with Crippen molar-refractivity contribution in [2.24, 2.45) is 11.8 Å². The lowest BCUT2D eigenvalue weighted by atomic mass is 9.86. The zero-order valence-corrected chi connectivity index (χ0v) is 11.1. The van der Waals surface area contributed by atoms with Crippen molar-refractivity contribution < 1.29 is 9.90 Å². The van der Waals surface area contributed by atoms with Crippen molar-refractivity contribution in [3.8, 4) is 0 Å². The van der Waals surface area contributed by atoms with Crippen LogP contribution in [-0.4, -0.2) is 23.7 Å². The first-order valence-electron chi connectivity index (χ1n) is 7.36. The summed E-state index contributed by atoms with van der Waals surface area (Å²) in [5.74, 6) is 1.18. The molecule has 3 heteroatoms. The monoisotopic (exact) mass is 251 g/mol. The molecule has 0 aromatic heterocycles. The molecule has 0 unspecified atom stereocenters. The maximum Gasteiger partial charge on any atom is 0.220 e. The molecule has 2 aliphatic carbocycles. The summed E-state index contributed by atoms with van der Waals surface area (Å²) < 4.78 is 0. The van der Waals surface area contributed by atoms with Crippen LogP contribution in [0.1, 0.15) is 51.4 Å². The fourth-order valence-electron chi connectivity index (χ4n) is 3.11. The fraction of sp³-hybridized carbons (Fsp3) is 0.800. The highest BCUT2D eigenvalue weighted by atomic mass is 16.3. The van der Waals surface area contributed by atoms with Crippen molar-refractivity contribution in [3.05, 3.63) is 12.2 Å². The van der Waals surface area contributed by atoms with Crippen LogP contribution in [-0.2, 0) is 4.79 Å². The Morgan fingerprint density at radius 3 is 2.67 bits per heavy atom. The van der Waals surface area contributed by atoms with Crippen LogP contribution in [0.15, 0.2) is 12.2 Å². The second kappa shape index (κ2) is 6.93. The van der Waals surface area contributed by atoms with Gasteiger partial charge < -0.3 is 10.4 Å². The number of aliphatic hydroxyl groups is 1. The summed E-state index contributed by atoms with van der Waals surface area (Å²) in [6, 6.07) is 0.140. The number of carbonyl (C=O) groups is 1. The molecule has 3 nitrogen and oxygen atoms in total. The van der Waals surface area contributed by atoms with Crippen molar-refractivity contribution in [1.82, 2.24) is 5.32 Å². The minimum Gasteiger partial charge on any atom is -0.396 e. The maximum atomic E-state index is 11.8. The number of carbonyl (C=O) groups excluding carboxylic acids is 1. The van der Waals surface area contributed by atoms with Crippen LogP contribution in [0.5, 0.6) is 0 Å². The first-order chi connectivity index (χ1) is 8.78. The van der Waals surface area contributed by atoms with Crippen molar-refractivity contribution in [2.45, 2.75) is 57.4 Å². The molecule has 0 aromatic rings. The Hall–Kier alpha value is -0.830. The van der Waals surface area contributed by atoms with Gasteiger partial charge in [-0.2, -0.15) is 0 Å². The van der Waals surface area contributed by atoms with Gasteiger partial charge in [0.05, 0.1) is 0 Å². The summed E-state index contributed by atoms with van der Waals surface area (Å²) in [6.45, 7) is 0.185. The van der Waals surface area contributed by atoms with Gasteiger partial charge in [-0.25, -0.2) is 0 Å². The second-order valence-corrected chi connectivity index (χ2v) is 5.78. The molecular weight excluding hydrogens is 226 g/mol. The second-order valence-electron chi connectivity index (χ2n) is 5.78. The lowest BCUT2D eigenvalue weighted by Gasteiger charge is -2.21. The smallest absolute Gasteiger partial charge is 0.220 e. The summed E-state index contributed by atoms with van der Waals surface area (Å²) in [6.07, 6.45) is 13.3. The molecule has 0 radical (unpaired) electrons. The summed E-state index contributed by atoms with van der Waals surface area (Å²) >= 11 is 0. The highest BCUT2D eigenvalue weighted by Crippen LogP contribution is 2.27. The van der Waals surface area contributed by atoms with Crippen LogP contribution < -0.4 is 5.32 Å². The van der Waals surface area contributed by atoms with Gasteiger partial charge in [-0.3, -0.25) is 4.79 Å². The van der Waals surface area contributed by atoms with E-state index in [0.717, 1.165) is 18.8 Å². The van der Waals surface area contributed by atoms with E-state index >= 15 is 0 Å². The molecule has 102 valence electrons. The first kappa shape index (κ1) is 13.6. The standard InChI is InChI=1S/C15H25NO2/c17-11-13-6-8-14(10-13)16-15(18)9-7-12-4-2-1-3-5-12/h6,8,12-14,17H,1-5,7,9-11H2,(H,16,18)/t13-,14+/m0/s1. The van der Waals surface area contributed by atoms with E-state index in [9.17, 15) is 4.79 Å². The highest BCUT2D eigenvalue weighted by Gasteiger charge is 2.20. The zero-order valence-electron chi connectivity index (χ0n) is 11.1. The number of aliphatic hydroxyl groups excluding tert-OH is 1. The largest absolute Gasteiger partial charge is 0.396 e. The SMILES string of the molecule is O=C(CCC1CCCCC1)N[C@@H]1C=C[C@H](CO)C1. The lowest BCUT2D eigenvalue weighted by Crippen LogP contribution is -2.33. The van der Waals surface area contributed by atoms with Gasteiger partial charge in [-0.15, -0.1) is 0 Å². The van der Waals surface area contributed by atoms with Gasteiger partial charge in [0.25, 0.3) is 0 Å². The molecule has 1 amide bonds. The van der Waals surface area contributed by atoms with Crippen LogP contribution in [0.4, 0.5) is 0 Å². The zero-order chi connectivity index (χ0) is 12.8. The predicted octanol–water partition coefficient (Wildman–Crippen LogP) is 2.40. The average molecular weight is 251 g/mol. The summed E-state index contributed by atoms with van der Waals surface area (Å²) in [5, 5.41) is 12.1. The Balaban J connectivity index is 1.62. The first-order valence-corrected chi connectivity index (χ1v) is 7.36. The number of amides is 1. The van der Waals surface area contributed by atoms with Gasteiger partial charge in [0, 0.05) is 25.0 Å². The molecule has 2 atom stereocenters. The number of hydrogen-bond acceptors (Lipinski definition) is 2. The van der Waals surface area contributed by atoms with Crippen molar-refractivity contribution in [2.75, 3.05) is 6.61 Å². The van der Waals surface area contributed by atoms with Gasteiger partial charge in [0.1, 0.15) is 0 Å². The topological polar surface area (TPSA) is 49.3 Å². The van der Waals surface area contributed by atoms with Gasteiger partial charge in [0.2, 0.25) is 5.91 Å². The molecule has 18 heavy (non-hydrogen) atoms. The molecule has 0 saturated heterocycles. The van der Waals surface area contributed by atoms with E-state index in [0.29, 0.717) is 6.42 Å². The highest BCUT2D eigenvalue weighted by molar-refractivity contribution is 5.76. The molecule has 0 bridgehead atoms. The third-order valence-corrected chi connectivity index (χ3v) is 4.26. The Morgan fingerprint density at radius 1 is 1.22 bits per heavy atom. The number of rotatable bonds is 5. The minimum absolute atomic E-state index is 0.140. The molecule has 0 heterocycles. The van der Waals surface area contributed by atoms with Gasteiger partial charge in [-0.05, 0) is 18.8 Å². The molecule has 0 spiro atoms. The average Bonchev–Trinajstić information content (AvgIpc) is 2.85. The molecular formula is C15H25NO2. The third-order valence-electron chi connectivity index (χ3n) is 4.26. The molecule has 0 aliphatic heterocycles. The Bertz CT molecular complexity index is 295. The van der Waals surface area contributed by atoms with Crippen LogP contribution in [0.25, 0.3) is 0 Å². The Labute approximate surface area is 110 Å². The van der Waals surface area contributed by atoms with E-state index in [2.05, 4.69) is 5.32 Å². The Morgan fingerprint density at radius 2 is 2.00 bits per heavy atom. The lowest BCUT2D eigenvalue weighted by molar-refractivity contribution is -0.121. The predicted molar refractivity (Wildman–Crippen MR) is 72.1 cm³/mol. The summed E-state index contributed by atoms with van der Waals surface area (Å²) in [4.78, 5) is 11.8. The molecule has 1 saturated carbocycles. The number of hydrogen-bond donors (Lipinski definition) is 2. The van der Waals surface area contributed by atoms with Gasteiger partial charge >= 0.3 is 0 Å². The van der Waals surface area contributed by atoms with E-state index in [1.165, 1.54) is 32.1 Å². The maximum absolute atomic E-state index is 11.8. The fourth-order valence-corrected chi connectivity index (χ4v) is 3.11. The molecule has 0 aromatic carbocycles. The normalized spacial score (nSPS) is 28.5. The Kier molecular flexibility index (Phi) is 5.24. The molecule has 2 N–H and O–H groups in total. The van der Waals surface area contributed by atoms with Crippen molar-refractivity contribution in [1.29, 1.82) is 0 Å². The molecule has 2 aliphatic rings. The summed E-state index contributed by atoms with van der Waals surface area (Å²) in [7, 11) is 0. The minimum atomic E-state index is 0.140. The number of nitrogens with one attached hydrogen (secondary N) is 1. The van der Waals surface area contributed by atoms with Crippen LogP contribution >= 0.6 is 0 Å². The van der Waals surface area contributed by atoms with E-state index in [1.54, 1.807) is 0 Å². The van der Waals surface area contributed by atoms with E-state index in [4.69, 9.17) is 5.11 Å². The van der Waals surface area contributed by atoms with Gasteiger partial charge in [0.15, 0.2) is 0 Å². The van der Waals surface area contributed by atoms with Crippen LogP contribution in [0, 0.1) is 11.8 Å². The van der Waals surface area contributed by atoms with Crippen molar-refractivity contribution >= 4 is 5.91 Å². The van der Waals surface area contributed by atoms with Crippen LogP contribution in [0.2, 0.25) is 0 Å². The third kappa shape index (κ3) is 4.13. The van der Waals surface area contributed by atoms with E-state index in [-0.39, 0.29) is 24.5 Å². The molecule has 1 fully saturated rings. The van der Waals surface area contributed by atoms with Crippen molar-refractivity contribution in [3.63, 3.8) is 0 Å². The molecule has 2 rings (SSSR count). The van der Waals surface area contributed by atoms with Crippen LogP contribution in [0.3, 0.4) is 0 Å². The van der Waals surface area contributed by atoms with E-state index in [1.807, 2.05) is 12.2 Å². The quantitative estimate of drug-likeness (QED) is 0.737. The summed E-state index contributed by atoms with van der Waals surface area (Å²) in [5.41, 5.74) is 0. The van der Waals surface area contributed by atoms with E-state index < -0.39 is 0 Å².